The van der Waals surface area contributed by atoms with E-state index in [-0.39, 0.29) is 11.7 Å². The van der Waals surface area contributed by atoms with Crippen LogP contribution in [0.2, 0.25) is 0 Å². The number of pyridine rings is 1. The molecule has 1 saturated heterocycles. The first-order valence-electron chi connectivity index (χ1n) is 12.8. The molecule has 38 heavy (non-hydrogen) atoms. The van der Waals surface area contributed by atoms with Crippen molar-refractivity contribution < 1.29 is 13.9 Å². The average Bonchev–Trinajstić information content (AvgIpc) is 3.23. The Morgan fingerprint density at radius 3 is 2.55 bits per heavy atom. The minimum atomic E-state index is -0.291. The van der Waals surface area contributed by atoms with Crippen molar-refractivity contribution in [2.75, 3.05) is 51.6 Å². The van der Waals surface area contributed by atoms with Crippen molar-refractivity contribution in [1.82, 2.24) is 29.7 Å². The Kier molecular flexibility index (Phi) is 7.81. The number of benzene rings is 2. The van der Waals surface area contributed by atoms with Crippen LogP contribution in [-0.4, -0.2) is 76.6 Å². The maximum Gasteiger partial charge on any atom is 0.270 e. The van der Waals surface area contributed by atoms with Gasteiger partial charge < -0.3 is 29.7 Å². The molecule has 0 atom stereocenters. The molecule has 1 amide bonds. The molecule has 3 heterocycles. The molecule has 4 aromatic rings. The highest BCUT2D eigenvalue weighted by Crippen LogP contribution is 2.28. The van der Waals surface area contributed by atoms with E-state index >= 15 is 0 Å². The molecule has 2 aromatic carbocycles. The van der Waals surface area contributed by atoms with Crippen LogP contribution < -0.4 is 15.4 Å². The third kappa shape index (κ3) is 6.27. The lowest BCUT2D eigenvalue weighted by atomic mass is 10.2. The number of likely N-dealkylation sites (N-methyl/N-ethyl adjacent to an activating group) is 1. The fourth-order valence-electron chi connectivity index (χ4n) is 4.42. The van der Waals surface area contributed by atoms with Gasteiger partial charge in [0.05, 0.1) is 11.0 Å². The zero-order valence-electron chi connectivity index (χ0n) is 21.7. The van der Waals surface area contributed by atoms with Crippen molar-refractivity contribution in [3.63, 3.8) is 0 Å². The van der Waals surface area contributed by atoms with Crippen molar-refractivity contribution in [3.8, 4) is 11.5 Å². The highest BCUT2D eigenvalue weighted by molar-refractivity contribution is 5.92. The van der Waals surface area contributed by atoms with Gasteiger partial charge in [-0.2, -0.15) is 0 Å². The highest BCUT2D eigenvalue weighted by Gasteiger charge is 2.14. The summed E-state index contributed by atoms with van der Waals surface area (Å²) in [5.41, 5.74) is 2.70. The largest absolute Gasteiger partial charge is 0.457 e. The number of nitrogens with zero attached hydrogens (tertiary/aromatic N) is 5. The van der Waals surface area contributed by atoms with Gasteiger partial charge in [-0.05, 0) is 62.5 Å². The molecule has 10 heteroatoms. The van der Waals surface area contributed by atoms with Gasteiger partial charge >= 0.3 is 0 Å². The molecule has 1 aliphatic heterocycles. The normalized spacial score (nSPS) is 14.5. The van der Waals surface area contributed by atoms with E-state index in [4.69, 9.17) is 4.74 Å². The number of nitrogens with one attached hydrogen (secondary N) is 2. The Bertz CT molecular complexity index is 1400. The summed E-state index contributed by atoms with van der Waals surface area (Å²) in [4.78, 5) is 26.3. The van der Waals surface area contributed by atoms with E-state index in [9.17, 15) is 9.18 Å². The topological polar surface area (TPSA) is 87.5 Å². The number of imidazole rings is 1. The van der Waals surface area contributed by atoms with Crippen molar-refractivity contribution in [3.05, 3.63) is 72.3 Å². The van der Waals surface area contributed by atoms with Gasteiger partial charge in [-0.25, -0.2) is 9.37 Å². The van der Waals surface area contributed by atoms with Crippen molar-refractivity contribution in [1.29, 1.82) is 0 Å². The second kappa shape index (κ2) is 11.6. The SMILES string of the molecule is CN1CCN(CCCNC(=O)c2cc(Oc3ccc4c(c3)nc(Nc3ccc(F)cc3)n4C)ccn2)CC1. The Labute approximate surface area is 221 Å². The fraction of sp³-hybridized carbons (Fsp3) is 0.321. The van der Waals surface area contributed by atoms with Crippen molar-refractivity contribution >= 4 is 28.6 Å². The van der Waals surface area contributed by atoms with E-state index in [1.54, 1.807) is 30.5 Å². The van der Waals surface area contributed by atoms with Gasteiger partial charge in [0, 0.05) is 63.8 Å². The number of piperazine rings is 1. The third-order valence-electron chi connectivity index (χ3n) is 6.68. The summed E-state index contributed by atoms with van der Waals surface area (Å²) in [6.07, 6.45) is 2.46. The molecule has 1 fully saturated rings. The first-order chi connectivity index (χ1) is 18.4. The highest BCUT2D eigenvalue weighted by atomic mass is 19.1. The van der Waals surface area contributed by atoms with E-state index in [1.165, 1.54) is 12.1 Å². The molecule has 5 rings (SSSR count). The number of hydrogen-bond donors (Lipinski definition) is 2. The van der Waals surface area contributed by atoms with E-state index in [1.807, 2.05) is 29.8 Å². The lowest BCUT2D eigenvalue weighted by Crippen LogP contribution is -2.45. The van der Waals surface area contributed by atoms with Crippen molar-refractivity contribution in [2.45, 2.75) is 6.42 Å². The van der Waals surface area contributed by atoms with Gasteiger partial charge in [0.2, 0.25) is 5.95 Å². The molecule has 0 unspecified atom stereocenters. The Hall–Kier alpha value is -4.02. The molecular weight excluding hydrogens is 485 g/mol. The molecule has 2 N–H and O–H groups in total. The summed E-state index contributed by atoms with van der Waals surface area (Å²) in [5.74, 6) is 1.22. The lowest BCUT2D eigenvalue weighted by Gasteiger charge is -2.32. The van der Waals surface area contributed by atoms with Crippen molar-refractivity contribution in [2.24, 2.45) is 7.05 Å². The maximum absolute atomic E-state index is 13.2. The zero-order valence-corrected chi connectivity index (χ0v) is 21.7. The van der Waals surface area contributed by atoms with Crippen LogP contribution in [0.5, 0.6) is 11.5 Å². The van der Waals surface area contributed by atoms with Gasteiger partial charge in [-0.1, -0.05) is 0 Å². The number of amides is 1. The molecule has 0 aliphatic carbocycles. The summed E-state index contributed by atoms with van der Waals surface area (Å²) in [7, 11) is 4.05. The van der Waals surface area contributed by atoms with Crippen LogP contribution in [0.1, 0.15) is 16.9 Å². The molecule has 2 aromatic heterocycles. The summed E-state index contributed by atoms with van der Waals surface area (Å²) >= 11 is 0. The zero-order chi connectivity index (χ0) is 26.5. The number of aromatic nitrogens is 3. The van der Waals surface area contributed by atoms with E-state index < -0.39 is 0 Å². The molecule has 0 radical (unpaired) electrons. The van der Waals surface area contributed by atoms with Gasteiger partial charge in [0.1, 0.15) is 23.0 Å². The number of fused-ring (bicyclic) bond motifs is 1. The van der Waals surface area contributed by atoms with Crippen LogP contribution in [0.15, 0.2) is 60.8 Å². The molecule has 9 nitrogen and oxygen atoms in total. The number of hydrogen-bond acceptors (Lipinski definition) is 7. The predicted octanol–water partition coefficient (Wildman–Crippen LogP) is 4.01. The van der Waals surface area contributed by atoms with Crippen LogP contribution in [0.25, 0.3) is 11.0 Å². The standard InChI is InChI=1S/C28H32FN7O2/c1-34-14-16-36(17-15-34)13-3-11-31-27(37)25-19-23(10-12-30-25)38-22-8-9-26-24(18-22)33-28(35(26)2)32-21-6-4-20(29)5-7-21/h4-10,12,18-19H,3,11,13-17H2,1-2H3,(H,31,37)(H,32,33). The minimum absolute atomic E-state index is 0.217. The van der Waals surface area contributed by atoms with E-state index in [0.717, 1.165) is 55.9 Å². The first kappa shape index (κ1) is 25.6. The molecule has 198 valence electrons. The van der Waals surface area contributed by atoms with Gasteiger partial charge in [-0.3, -0.25) is 9.78 Å². The van der Waals surface area contributed by atoms with Gasteiger partial charge in [0.15, 0.2) is 0 Å². The number of aryl methyl sites for hydroxylation is 1. The molecular formula is C28H32FN7O2. The second-order valence-corrected chi connectivity index (χ2v) is 9.51. The summed E-state index contributed by atoms with van der Waals surface area (Å²) in [6, 6.07) is 15.1. The molecule has 0 saturated carbocycles. The van der Waals surface area contributed by atoms with E-state index in [0.29, 0.717) is 29.7 Å². The second-order valence-electron chi connectivity index (χ2n) is 9.51. The number of carbonyl (C=O) groups is 1. The quantitative estimate of drug-likeness (QED) is 0.325. The van der Waals surface area contributed by atoms with Crippen LogP contribution in [-0.2, 0) is 7.05 Å². The Morgan fingerprint density at radius 2 is 1.76 bits per heavy atom. The maximum atomic E-state index is 13.2. The lowest BCUT2D eigenvalue weighted by molar-refractivity contribution is 0.0944. The van der Waals surface area contributed by atoms with E-state index in [2.05, 4.69) is 37.4 Å². The molecule has 1 aliphatic rings. The summed E-state index contributed by atoms with van der Waals surface area (Å²) in [6.45, 7) is 5.89. The smallest absolute Gasteiger partial charge is 0.270 e. The van der Waals surface area contributed by atoms with Crippen LogP contribution >= 0.6 is 0 Å². The average molecular weight is 518 g/mol. The first-order valence-corrected chi connectivity index (χ1v) is 12.8. The summed E-state index contributed by atoms with van der Waals surface area (Å²) < 4.78 is 21.2. The number of carbonyl (C=O) groups excluding carboxylic acids is 1. The fourth-order valence-corrected chi connectivity index (χ4v) is 4.42. The Morgan fingerprint density at radius 1 is 1.00 bits per heavy atom. The monoisotopic (exact) mass is 517 g/mol. The minimum Gasteiger partial charge on any atom is -0.457 e. The van der Waals surface area contributed by atoms with Crippen LogP contribution in [0.4, 0.5) is 16.0 Å². The summed E-state index contributed by atoms with van der Waals surface area (Å²) in [5, 5.41) is 6.17. The van der Waals surface area contributed by atoms with Gasteiger partial charge in [0.25, 0.3) is 5.91 Å². The number of halogens is 1. The third-order valence-corrected chi connectivity index (χ3v) is 6.68. The van der Waals surface area contributed by atoms with Gasteiger partial charge in [-0.15, -0.1) is 0 Å². The number of anilines is 2. The number of ether oxygens (including phenoxy) is 1. The predicted molar refractivity (Wildman–Crippen MR) is 146 cm³/mol. The Balaban J connectivity index is 1.18. The van der Waals surface area contributed by atoms with Crippen LogP contribution in [0.3, 0.4) is 0 Å². The molecule has 0 spiro atoms. The van der Waals surface area contributed by atoms with Crippen LogP contribution in [0, 0.1) is 5.82 Å². The number of rotatable bonds is 9. The molecule has 0 bridgehead atoms.